The molecule has 0 aliphatic rings. The molecule has 0 saturated heterocycles. The Hall–Kier alpha value is -3.02. The van der Waals surface area contributed by atoms with Gasteiger partial charge in [0.15, 0.2) is 0 Å². The van der Waals surface area contributed by atoms with E-state index < -0.39 is 0 Å². The van der Waals surface area contributed by atoms with Crippen molar-refractivity contribution in [3.05, 3.63) is 65.7 Å². The van der Waals surface area contributed by atoms with Crippen LogP contribution in [0, 0.1) is 0 Å². The quantitative estimate of drug-likeness (QED) is 0.580. The van der Waals surface area contributed by atoms with Crippen molar-refractivity contribution in [3.8, 4) is 0 Å². The van der Waals surface area contributed by atoms with E-state index in [1.54, 1.807) is 12.1 Å². The Morgan fingerprint density at radius 3 is 2.25 bits per heavy atom. The molecule has 2 aromatic carbocycles. The van der Waals surface area contributed by atoms with Gasteiger partial charge in [-0.3, -0.25) is 4.79 Å². The molecule has 0 fully saturated rings. The predicted octanol–water partition coefficient (Wildman–Crippen LogP) is 1.43. The van der Waals surface area contributed by atoms with Gasteiger partial charge in [0.25, 0.3) is 0 Å². The Kier molecular flexibility index (Phi) is 6.64. The van der Waals surface area contributed by atoms with Crippen molar-refractivity contribution in [1.29, 1.82) is 0 Å². The van der Waals surface area contributed by atoms with Gasteiger partial charge in [-0.2, -0.15) is 0 Å². The molecule has 2 rings (SSSR count). The van der Waals surface area contributed by atoms with E-state index in [1.807, 2.05) is 42.5 Å². The summed E-state index contributed by atoms with van der Waals surface area (Å²) >= 11 is 0. The lowest BCUT2D eigenvalue weighted by Gasteiger charge is -2.09. The number of anilines is 1. The summed E-state index contributed by atoms with van der Waals surface area (Å²) in [6, 6.07) is 16.7. The molecule has 6 heteroatoms. The smallest absolute Gasteiger partial charge is 0.315 e. The van der Waals surface area contributed by atoms with Crippen LogP contribution in [0.25, 0.3) is 0 Å². The maximum absolute atomic E-state index is 11.7. The molecule has 0 radical (unpaired) electrons. The lowest BCUT2D eigenvalue weighted by Crippen LogP contribution is -2.42. The van der Waals surface area contributed by atoms with E-state index in [1.165, 1.54) is 0 Å². The summed E-state index contributed by atoms with van der Waals surface area (Å²) in [6.07, 6.45) is 0.760. The molecule has 24 heavy (non-hydrogen) atoms. The minimum absolute atomic E-state index is 0.0532. The number of nitrogens with one attached hydrogen (secondary N) is 3. The number of amides is 3. The van der Waals surface area contributed by atoms with Crippen LogP contribution in [0.1, 0.15) is 11.1 Å². The first-order chi connectivity index (χ1) is 11.6. The molecule has 0 aliphatic carbocycles. The third-order valence-corrected chi connectivity index (χ3v) is 3.42. The second kappa shape index (κ2) is 9.19. The number of nitrogens with two attached hydrogens (primary N) is 1. The fourth-order valence-corrected chi connectivity index (χ4v) is 2.09. The maximum atomic E-state index is 11.7. The van der Waals surface area contributed by atoms with Crippen molar-refractivity contribution in [2.45, 2.75) is 13.0 Å². The van der Waals surface area contributed by atoms with Gasteiger partial charge in [0.1, 0.15) is 0 Å². The highest BCUT2D eigenvalue weighted by Gasteiger charge is 2.04. The van der Waals surface area contributed by atoms with Gasteiger partial charge in [0, 0.05) is 18.8 Å². The van der Waals surface area contributed by atoms with Crippen molar-refractivity contribution < 1.29 is 9.59 Å². The molecule has 0 aromatic heterocycles. The summed E-state index contributed by atoms with van der Waals surface area (Å²) in [6.45, 7) is 0.863. The third-order valence-electron chi connectivity index (χ3n) is 3.42. The Labute approximate surface area is 141 Å². The SMILES string of the molecule is Nc1ccc(CNC(=O)NCC(=O)NCCc2ccccc2)cc1. The molecule has 0 bridgehead atoms. The fraction of sp³-hybridized carbons (Fsp3) is 0.222. The standard InChI is InChI=1S/C18H22N4O2/c19-16-8-6-15(7-9-16)12-21-18(24)22-13-17(23)20-11-10-14-4-2-1-3-5-14/h1-9H,10-13,19H2,(H,20,23)(H2,21,22,24). The van der Waals surface area contributed by atoms with Crippen LogP contribution in [0.4, 0.5) is 10.5 Å². The molecule has 0 heterocycles. The molecule has 0 aliphatic heterocycles. The molecular weight excluding hydrogens is 304 g/mol. The molecule has 126 valence electrons. The first-order valence-corrected chi connectivity index (χ1v) is 7.80. The van der Waals surface area contributed by atoms with Gasteiger partial charge < -0.3 is 21.7 Å². The van der Waals surface area contributed by atoms with Crippen LogP contribution >= 0.6 is 0 Å². The van der Waals surface area contributed by atoms with Gasteiger partial charge in [-0.05, 0) is 29.7 Å². The third kappa shape index (κ3) is 6.39. The van der Waals surface area contributed by atoms with Gasteiger partial charge in [0.2, 0.25) is 5.91 Å². The second-order valence-electron chi connectivity index (χ2n) is 5.36. The molecule has 3 amide bonds. The minimum atomic E-state index is -0.384. The predicted molar refractivity (Wildman–Crippen MR) is 94.2 cm³/mol. The highest BCUT2D eigenvalue weighted by Crippen LogP contribution is 2.04. The van der Waals surface area contributed by atoms with Gasteiger partial charge in [-0.1, -0.05) is 42.5 Å². The average Bonchev–Trinajstić information content (AvgIpc) is 2.60. The molecule has 0 spiro atoms. The molecule has 0 saturated carbocycles. The Morgan fingerprint density at radius 1 is 0.833 bits per heavy atom. The highest BCUT2D eigenvalue weighted by molar-refractivity contribution is 5.83. The molecule has 0 atom stereocenters. The van der Waals surface area contributed by atoms with Gasteiger partial charge in [0.05, 0.1) is 6.54 Å². The second-order valence-corrected chi connectivity index (χ2v) is 5.36. The summed E-state index contributed by atoms with van der Waals surface area (Å²) in [5.41, 5.74) is 8.37. The summed E-state index contributed by atoms with van der Waals surface area (Å²) in [7, 11) is 0. The van der Waals surface area contributed by atoms with Gasteiger partial charge in [-0.25, -0.2) is 4.79 Å². The van der Waals surface area contributed by atoms with E-state index >= 15 is 0 Å². The van der Waals surface area contributed by atoms with Crippen molar-refractivity contribution in [3.63, 3.8) is 0 Å². The minimum Gasteiger partial charge on any atom is -0.399 e. The molecule has 2 aromatic rings. The van der Waals surface area contributed by atoms with Crippen molar-refractivity contribution >= 4 is 17.6 Å². The van der Waals surface area contributed by atoms with Crippen LogP contribution < -0.4 is 21.7 Å². The summed E-state index contributed by atoms with van der Waals surface area (Å²) in [4.78, 5) is 23.3. The summed E-state index contributed by atoms with van der Waals surface area (Å²) in [5.74, 6) is -0.214. The highest BCUT2D eigenvalue weighted by atomic mass is 16.2. The number of hydrogen-bond acceptors (Lipinski definition) is 3. The van der Waals surface area contributed by atoms with Crippen LogP contribution in [0.15, 0.2) is 54.6 Å². The zero-order chi connectivity index (χ0) is 17.2. The van der Waals surface area contributed by atoms with E-state index in [-0.39, 0.29) is 18.5 Å². The van der Waals surface area contributed by atoms with Crippen LogP contribution in [-0.2, 0) is 17.8 Å². The van der Waals surface area contributed by atoms with Crippen molar-refractivity contribution in [2.75, 3.05) is 18.8 Å². The molecule has 0 unspecified atom stereocenters. The average molecular weight is 326 g/mol. The maximum Gasteiger partial charge on any atom is 0.315 e. The van der Waals surface area contributed by atoms with Crippen LogP contribution in [0.3, 0.4) is 0 Å². The van der Waals surface area contributed by atoms with Crippen LogP contribution in [0.5, 0.6) is 0 Å². The Morgan fingerprint density at radius 2 is 1.54 bits per heavy atom. The number of benzene rings is 2. The molecule has 6 nitrogen and oxygen atoms in total. The fourth-order valence-electron chi connectivity index (χ4n) is 2.09. The van der Waals surface area contributed by atoms with E-state index in [0.29, 0.717) is 18.8 Å². The topological polar surface area (TPSA) is 96.2 Å². The van der Waals surface area contributed by atoms with E-state index in [0.717, 1.165) is 17.5 Å². The monoisotopic (exact) mass is 326 g/mol. The van der Waals surface area contributed by atoms with E-state index in [9.17, 15) is 9.59 Å². The summed E-state index contributed by atoms with van der Waals surface area (Å²) < 4.78 is 0. The number of carbonyl (C=O) groups is 2. The molecule has 5 N–H and O–H groups in total. The number of urea groups is 1. The number of rotatable bonds is 7. The number of nitrogen functional groups attached to an aromatic ring is 1. The number of hydrogen-bond donors (Lipinski definition) is 4. The first-order valence-electron chi connectivity index (χ1n) is 7.80. The van der Waals surface area contributed by atoms with E-state index in [2.05, 4.69) is 16.0 Å². The Balaban J connectivity index is 1.59. The first kappa shape index (κ1) is 17.3. The normalized spacial score (nSPS) is 10.0. The van der Waals surface area contributed by atoms with Gasteiger partial charge in [-0.15, -0.1) is 0 Å². The van der Waals surface area contributed by atoms with E-state index in [4.69, 9.17) is 5.73 Å². The number of carbonyl (C=O) groups excluding carboxylic acids is 2. The van der Waals surface area contributed by atoms with Crippen LogP contribution in [0.2, 0.25) is 0 Å². The lowest BCUT2D eigenvalue weighted by atomic mass is 10.1. The zero-order valence-electron chi connectivity index (χ0n) is 13.4. The Bertz CT molecular complexity index is 656. The summed E-state index contributed by atoms with van der Waals surface area (Å²) in [5, 5.41) is 7.98. The zero-order valence-corrected chi connectivity index (χ0v) is 13.4. The van der Waals surface area contributed by atoms with Crippen molar-refractivity contribution in [1.82, 2.24) is 16.0 Å². The van der Waals surface area contributed by atoms with Gasteiger partial charge >= 0.3 is 6.03 Å². The largest absolute Gasteiger partial charge is 0.399 e. The van der Waals surface area contributed by atoms with Crippen LogP contribution in [-0.4, -0.2) is 25.0 Å². The molecular formula is C18H22N4O2. The lowest BCUT2D eigenvalue weighted by molar-refractivity contribution is -0.120. The van der Waals surface area contributed by atoms with Crippen molar-refractivity contribution in [2.24, 2.45) is 0 Å².